The molecule has 1 aromatic carbocycles. The predicted octanol–water partition coefficient (Wildman–Crippen LogP) is 1.36. The number of benzene rings is 1. The van der Waals surface area contributed by atoms with Crippen LogP contribution < -0.4 is 5.43 Å². The number of carbonyl (C=O) groups excluding carboxylic acids is 1. The van der Waals surface area contributed by atoms with Crippen molar-refractivity contribution in [3.63, 3.8) is 0 Å². The second kappa shape index (κ2) is 6.01. The molecule has 2 aromatic rings. The minimum atomic E-state index is -0.275. The summed E-state index contributed by atoms with van der Waals surface area (Å²) in [5.41, 5.74) is 4.73. The Balaban J connectivity index is 1.93. The second-order valence-electron chi connectivity index (χ2n) is 4.44. The van der Waals surface area contributed by atoms with E-state index in [1.54, 1.807) is 28.9 Å². The van der Waals surface area contributed by atoms with Crippen LogP contribution in [0.2, 0.25) is 0 Å². The molecule has 6 heteroatoms. The van der Waals surface area contributed by atoms with Gasteiger partial charge in [0.15, 0.2) is 0 Å². The van der Waals surface area contributed by atoms with Crippen LogP contribution in [0.4, 0.5) is 0 Å². The van der Waals surface area contributed by atoms with Crippen LogP contribution in [-0.4, -0.2) is 27.0 Å². The Bertz CT molecular complexity index is 646. The zero-order chi connectivity index (χ0) is 14.5. The molecule has 0 aliphatic rings. The monoisotopic (exact) mass is 272 g/mol. The van der Waals surface area contributed by atoms with Gasteiger partial charge in [-0.3, -0.25) is 9.48 Å². The maximum absolute atomic E-state index is 11.7. The number of phenols is 1. The largest absolute Gasteiger partial charge is 0.507 e. The van der Waals surface area contributed by atoms with Gasteiger partial charge in [-0.15, -0.1) is 0 Å². The lowest BCUT2D eigenvalue weighted by atomic mass is 10.2. The molecule has 1 heterocycles. The maximum atomic E-state index is 11.7. The average molecular weight is 272 g/mol. The lowest BCUT2D eigenvalue weighted by Crippen LogP contribution is -2.24. The minimum absolute atomic E-state index is 0.109. The Morgan fingerprint density at radius 2 is 2.20 bits per heavy atom. The van der Waals surface area contributed by atoms with Gasteiger partial charge < -0.3 is 5.11 Å². The van der Waals surface area contributed by atoms with Gasteiger partial charge in [-0.2, -0.15) is 10.2 Å². The highest BCUT2D eigenvalue weighted by molar-refractivity contribution is 5.84. The van der Waals surface area contributed by atoms with Gasteiger partial charge in [0.2, 0.25) is 0 Å². The molecule has 0 saturated carbocycles. The van der Waals surface area contributed by atoms with Gasteiger partial charge in [-0.05, 0) is 32.0 Å². The molecule has 0 spiro atoms. The van der Waals surface area contributed by atoms with E-state index in [0.29, 0.717) is 5.56 Å². The Hall–Kier alpha value is -2.63. The summed E-state index contributed by atoms with van der Waals surface area (Å²) in [4.78, 5) is 11.7. The van der Waals surface area contributed by atoms with Crippen LogP contribution >= 0.6 is 0 Å². The zero-order valence-electron chi connectivity index (χ0n) is 11.4. The molecule has 20 heavy (non-hydrogen) atoms. The second-order valence-corrected chi connectivity index (χ2v) is 4.44. The summed E-state index contributed by atoms with van der Waals surface area (Å²) >= 11 is 0. The van der Waals surface area contributed by atoms with E-state index in [9.17, 15) is 9.90 Å². The van der Waals surface area contributed by atoms with E-state index in [1.165, 1.54) is 6.21 Å². The molecule has 2 N–H and O–H groups in total. The normalized spacial score (nSPS) is 10.9. The fourth-order valence-corrected chi connectivity index (χ4v) is 1.78. The molecule has 104 valence electrons. The number of hydrogen-bond donors (Lipinski definition) is 2. The van der Waals surface area contributed by atoms with Crippen LogP contribution in [0.5, 0.6) is 5.75 Å². The zero-order valence-corrected chi connectivity index (χ0v) is 11.4. The first-order valence-electron chi connectivity index (χ1n) is 6.17. The first kappa shape index (κ1) is 13.8. The smallest absolute Gasteiger partial charge is 0.261 e. The van der Waals surface area contributed by atoms with Gasteiger partial charge in [-0.25, -0.2) is 5.43 Å². The van der Waals surface area contributed by atoms with Gasteiger partial charge in [0, 0.05) is 11.3 Å². The molecule has 0 fully saturated rings. The summed E-state index contributed by atoms with van der Waals surface area (Å²) in [5.74, 6) is -0.160. The molecule has 2 rings (SSSR count). The van der Waals surface area contributed by atoms with Crippen molar-refractivity contribution in [3.05, 3.63) is 47.3 Å². The number of rotatable bonds is 4. The van der Waals surface area contributed by atoms with Crippen molar-refractivity contribution in [1.82, 2.24) is 15.2 Å². The number of amides is 1. The SMILES string of the molecule is Cc1cc(C)n(CC(=O)NN=Cc2ccccc2O)n1. The standard InChI is InChI=1S/C14H16N4O2/c1-10-7-11(2)18(17-10)9-14(20)16-15-8-12-5-3-4-6-13(12)19/h3-8,19H,9H2,1-2H3,(H,16,20). The summed E-state index contributed by atoms with van der Waals surface area (Å²) < 4.78 is 1.61. The Morgan fingerprint density at radius 3 is 2.85 bits per heavy atom. The average Bonchev–Trinajstić information content (AvgIpc) is 2.70. The van der Waals surface area contributed by atoms with Gasteiger partial charge in [0.25, 0.3) is 5.91 Å². The predicted molar refractivity (Wildman–Crippen MR) is 75.5 cm³/mol. The molecule has 0 radical (unpaired) electrons. The summed E-state index contributed by atoms with van der Waals surface area (Å²) in [5, 5.41) is 17.5. The highest BCUT2D eigenvalue weighted by Crippen LogP contribution is 2.12. The number of hydrogen-bond acceptors (Lipinski definition) is 4. The Labute approximate surface area is 116 Å². The highest BCUT2D eigenvalue weighted by atomic mass is 16.3. The number of nitrogens with zero attached hydrogens (tertiary/aromatic N) is 3. The Kier molecular flexibility index (Phi) is 4.14. The number of para-hydroxylation sites is 1. The number of nitrogens with one attached hydrogen (secondary N) is 1. The fraction of sp³-hybridized carbons (Fsp3) is 0.214. The van der Waals surface area contributed by atoms with Gasteiger partial charge in [0.05, 0.1) is 11.9 Å². The van der Waals surface area contributed by atoms with Gasteiger partial charge >= 0.3 is 0 Å². The van der Waals surface area contributed by atoms with Crippen LogP contribution in [0, 0.1) is 13.8 Å². The summed E-state index contributed by atoms with van der Waals surface area (Å²) in [6.45, 7) is 3.87. The van der Waals surface area contributed by atoms with Crippen LogP contribution in [-0.2, 0) is 11.3 Å². The summed E-state index contributed by atoms with van der Waals surface area (Å²) in [6.07, 6.45) is 1.40. The molecule has 0 saturated heterocycles. The van der Waals surface area contributed by atoms with E-state index >= 15 is 0 Å². The molecular formula is C14H16N4O2. The number of hydrazone groups is 1. The number of phenolic OH excluding ortho intramolecular Hbond substituents is 1. The quantitative estimate of drug-likeness (QED) is 0.651. The van der Waals surface area contributed by atoms with Crippen molar-refractivity contribution in [2.45, 2.75) is 20.4 Å². The third-order valence-corrected chi connectivity index (χ3v) is 2.73. The molecular weight excluding hydrogens is 256 g/mol. The fourth-order valence-electron chi connectivity index (χ4n) is 1.78. The molecule has 0 aliphatic heterocycles. The van der Waals surface area contributed by atoms with E-state index in [-0.39, 0.29) is 18.2 Å². The number of carbonyl (C=O) groups is 1. The lowest BCUT2D eigenvalue weighted by molar-refractivity contribution is -0.121. The van der Waals surface area contributed by atoms with E-state index in [0.717, 1.165) is 11.4 Å². The molecule has 6 nitrogen and oxygen atoms in total. The van der Waals surface area contributed by atoms with E-state index in [1.807, 2.05) is 19.9 Å². The first-order chi connectivity index (χ1) is 9.56. The topological polar surface area (TPSA) is 79.5 Å². The van der Waals surface area contributed by atoms with Gasteiger partial charge in [-0.1, -0.05) is 12.1 Å². The first-order valence-corrected chi connectivity index (χ1v) is 6.17. The van der Waals surface area contributed by atoms with Crippen molar-refractivity contribution < 1.29 is 9.90 Å². The molecule has 0 aliphatic carbocycles. The van der Waals surface area contributed by atoms with Crippen LogP contribution in [0.1, 0.15) is 17.0 Å². The van der Waals surface area contributed by atoms with E-state index in [4.69, 9.17) is 0 Å². The molecule has 0 unspecified atom stereocenters. The molecule has 1 aromatic heterocycles. The van der Waals surface area contributed by atoms with Crippen LogP contribution in [0.3, 0.4) is 0 Å². The number of aryl methyl sites for hydroxylation is 2. The third-order valence-electron chi connectivity index (χ3n) is 2.73. The molecule has 0 bridgehead atoms. The van der Waals surface area contributed by atoms with Crippen molar-refractivity contribution in [2.75, 3.05) is 0 Å². The van der Waals surface area contributed by atoms with Crippen molar-refractivity contribution >= 4 is 12.1 Å². The van der Waals surface area contributed by atoms with E-state index < -0.39 is 0 Å². The maximum Gasteiger partial charge on any atom is 0.261 e. The van der Waals surface area contributed by atoms with E-state index in [2.05, 4.69) is 15.6 Å². The van der Waals surface area contributed by atoms with Crippen LogP contribution in [0.15, 0.2) is 35.4 Å². The summed E-state index contributed by atoms with van der Waals surface area (Å²) in [7, 11) is 0. The molecule has 1 amide bonds. The van der Waals surface area contributed by atoms with Crippen molar-refractivity contribution in [3.8, 4) is 5.75 Å². The lowest BCUT2D eigenvalue weighted by Gasteiger charge is -2.03. The van der Waals surface area contributed by atoms with Crippen molar-refractivity contribution in [1.29, 1.82) is 0 Å². The third kappa shape index (κ3) is 3.44. The van der Waals surface area contributed by atoms with Gasteiger partial charge in [0.1, 0.15) is 12.3 Å². The van der Waals surface area contributed by atoms with Crippen LogP contribution in [0.25, 0.3) is 0 Å². The Morgan fingerprint density at radius 1 is 1.45 bits per heavy atom. The number of aromatic hydroxyl groups is 1. The minimum Gasteiger partial charge on any atom is -0.507 e. The molecule has 0 atom stereocenters. The summed E-state index contributed by atoms with van der Waals surface area (Å²) in [6, 6.07) is 8.65. The van der Waals surface area contributed by atoms with Crippen molar-refractivity contribution in [2.24, 2.45) is 5.10 Å². The number of aromatic nitrogens is 2. The highest BCUT2D eigenvalue weighted by Gasteiger charge is 2.05.